The van der Waals surface area contributed by atoms with Crippen LogP contribution in [0.3, 0.4) is 0 Å². The summed E-state index contributed by atoms with van der Waals surface area (Å²) >= 11 is 0. The molecule has 0 spiro atoms. The van der Waals surface area contributed by atoms with E-state index < -0.39 is 35.6 Å². The molecule has 274 valence electrons. The van der Waals surface area contributed by atoms with Gasteiger partial charge in [-0.1, -0.05) is 117 Å². The number of rotatable bonds is 21. The fourth-order valence-corrected chi connectivity index (χ4v) is 9.60. The predicted octanol–water partition coefficient (Wildman–Crippen LogP) is 10.3. The van der Waals surface area contributed by atoms with E-state index in [0.29, 0.717) is 19.3 Å². The molecule has 0 aromatic heterocycles. The van der Waals surface area contributed by atoms with Crippen molar-refractivity contribution >= 4 is 17.7 Å². The summed E-state index contributed by atoms with van der Waals surface area (Å²) in [7, 11) is 0. The van der Waals surface area contributed by atoms with Gasteiger partial charge < -0.3 is 14.6 Å². The van der Waals surface area contributed by atoms with E-state index in [1.54, 1.807) is 6.08 Å². The number of Topliss-reactive ketones (excluding diaryl/α,β-unsaturated/α-hetero) is 1. The Morgan fingerprint density at radius 3 is 2.06 bits per heavy atom. The number of ether oxygens (including phenoxy) is 2. The number of carbonyl (C=O) groups excluding carboxylic acids is 3. The second-order valence-corrected chi connectivity index (χ2v) is 16.3. The predicted molar refractivity (Wildman–Crippen MR) is 194 cm³/mol. The molecule has 1 N–H and O–H groups in total. The van der Waals surface area contributed by atoms with Crippen LogP contribution in [0.4, 0.5) is 0 Å². The van der Waals surface area contributed by atoms with Gasteiger partial charge in [-0.3, -0.25) is 9.59 Å². The Kier molecular flexibility index (Phi) is 16.4. The lowest BCUT2D eigenvalue weighted by molar-refractivity contribution is -0.208. The van der Waals surface area contributed by atoms with Crippen molar-refractivity contribution in [3.05, 3.63) is 24.8 Å². The smallest absolute Gasteiger partial charge is 0.344 e. The summed E-state index contributed by atoms with van der Waals surface area (Å²) in [6.45, 7) is 14.3. The molecule has 0 saturated heterocycles. The van der Waals surface area contributed by atoms with Crippen molar-refractivity contribution in [3.8, 4) is 0 Å². The van der Waals surface area contributed by atoms with Crippen molar-refractivity contribution in [2.24, 2.45) is 34.0 Å². The van der Waals surface area contributed by atoms with Crippen molar-refractivity contribution in [2.45, 2.75) is 182 Å². The maximum atomic E-state index is 13.5. The Bertz CT molecular complexity index is 1070. The van der Waals surface area contributed by atoms with Gasteiger partial charge in [0.25, 0.3) is 0 Å². The Morgan fingerprint density at radius 2 is 1.46 bits per heavy atom. The van der Waals surface area contributed by atoms with E-state index in [2.05, 4.69) is 46.4 Å². The minimum atomic E-state index is -0.707. The van der Waals surface area contributed by atoms with E-state index in [4.69, 9.17) is 9.47 Å². The van der Waals surface area contributed by atoms with Crippen LogP contribution in [0.15, 0.2) is 24.8 Å². The molecule has 2 bridgehead atoms. The summed E-state index contributed by atoms with van der Waals surface area (Å²) in [5.74, 6) is -0.936. The third-order valence-electron chi connectivity index (χ3n) is 13.1. The van der Waals surface area contributed by atoms with Gasteiger partial charge in [-0.05, 0) is 75.0 Å². The highest BCUT2D eigenvalue weighted by atomic mass is 16.6. The number of hydrogen-bond donors (Lipinski definition) is 1. The van der Waals surface area contributed by atoms with E-state index in [1.165, 1.54) is 64.2 Å². The van der Waals surface area contributed by atoms with Gasteiger partial charge in [0.2, 0.25) is 0 Å². The zero-order valence-corrected chi connectivity index (χ0v) is 31.4. The lowest BCUT2D eigenvalue weighted by Gasteiger charge is -2.61. The van der Waals surface area contributed by atoms with Gasteiger partial charge in [0.15, 0.2) is 6.61 Å². The Balaban J connectivity index is 1.37. The largest absolute Gasteiger partial charge is 0.459 e. The minimum absolute atomic E-state index is 0.0763. The van der Waals surface area contributed by atoms with Gasteiger partial charge in [-0.15, -0.1) is 6.58 Å². The fourth-order valence-electron chi connectivity index (χ4n) is 9.60. The molecule has 0 aromatic rings. The topological polar surface area (TPSA) is 89.9 Å². The molecule has 6 nitrogen and oxygen atoms in total. The quantitative estimate of drug-likeness (QED) is 0.0743. The highest BCUT2D eigenvalue weighted by Crippen LogP contribution is 2.68. The fraction of sp³-hybridized carbons (Fsp3) is 0.833. The molecule has 0 amide bonds. The summed E-state index contributed by atoms with van der Waals surface area (Å²) in [6.07, 6.45) is 27.3. The third kappa shape index (κ3) is 10.1. The van der Waals surface area contributed by atoms with Crippen molar-refractivity contribution in [2.75, 3.05) is 6.61 Å². The molecular weight excluding hydrogens is 600 g/mol. The Morgan fingerprint density at radius 1 is 0.875 bits per heavy atom. The van der Waals surface area contributed by atoms with Gasteiger partial charge in [-0.2, -0.15) is 0 Å². The lowest BCUT2D eigenvalue weighted by atomic mass is 9.44. The molecule has 0 radical (unpaired) electrons. The van der Waals surface area contributed by atoms with Gasteiger partial charge in [-0.25, -0.2) is 4.79 Å². The summed E-state index contributed by atoms with van der Waals surface area (Å²) in [5.41, 5.74) is -1.58. The Hall–Kier alpha value is -1.95. The van der Waals surface area contributed by atoms with Crippen LogP contribution in [-0.2, 0) is 23.9 Å². The second-order valence-electron chi connectivity index (χ2n) is 16.3. The van der Waals surface area contributed by atoms with Crippen LogP contribution in [0.25, 0.3) is 0 Å². The van der Waals surface area contributed by atoms with Gasteiger partial charge in [0, 0.05) is 29.6 Å². The van der Waals surface area contributed by atoms with E-state index in [1.807, 2.05) is 6.92 Å². The first-order chi connectivity index (χ1) is 23.0. The molecule has 0 unspecified atom stereocenters. The van der Waals surface area contributed by atoms with E-state index in [0.717, 1.165) is 51.4 Å². The number of carbonyl (C=O) groups is 3. The monoisotopic (exact) mass is 671 g/mol. The van der Waals surface area contributed by atoms with Crippen LogP contribution in [0.5, 0.6) is 0 Å². The number of hydrogen-bond acceptors (Lipinski definition) is 6. The molecule has 3 aliphatic carbocycles. The molecule has 48 heavy (non-hydrogen) atoms. The first-order valence-electron chi connectivity index (χ1n) is 19.8. The van der Waals surface area contributed by atoms with Gasteiger partial charge in [0.1, 0.15) is 11.9 Å². The first kappa shape index (κ1) is 40.5. The zero-order chi connectivity index (χ0) is 35.2. The van der Waals surface area contributed by atoms with E-state index >= 15 is 0 Å². The summed E-state index contributed by atoms with van der Waals surface area (Å²) < 4.78 is 11.5. The van der Waals surface area contributed by atoms with Crippen molar-refractivity contribution in [3.63, 3.8) is 0 Å². The molecule has 3 saturated carbocycles. The molecule has 0 aliphatic heterocycles. The van der Waals surface area contributed by atoms with E-state index in [9.17, 15) is 19.5 Å². The van der Waals surface area contributed by atoms with Crippen molar-refractivity contribution in [1.29, 1.82) is 0 Å². The molecule has 6 heteroatoms. The van der Waals surface area contributed by atoms with Crippen LogP contribution < -0.4 is 0 Å². The van der Waals surface area contributed by atoms with Crippen LogP contribution >= 0.6 is 0 Å². The molecule has 8 atom stereocenters. The molecular formula is C42H70O6. The summed E-state index contributed by atoms with van der Waals surface area (Å²) in [6, 6.07) is 0. The van der Waals surface area contributed by atoms with Crippen molar-refractivity contribution < 1.29 is 29.0 Å². The van der Waals surface area contributed by atoms with Crippen molar-refractivity contribution in [1.82, 2.24) is 0 Å². The SMILES string of the molecule is C=C[C@]1(C)C[C@@H](OC(=O)COC(=O)CCCCCCC/C=C/CCCCCCCCCC)[C@]2(C)[C@H](C)CC[C@]3(CCC(=O)[C@H]32)[C@@H](C)[C@@H]1O. The van der Waals surface area contributed by atoms with Crippen LogP contribution in [0.2, 0.25) is 0 Å². The highest BCUT2D eigenvalue weighted by Gasteiger charge is 2.68. The van der Waals surface area contributed by atoms with Crippen LogP contribution in [0.1, 0.15) is 169 Å². The number of aliphatic hydroxyl groups excluding tert-OH is 1. The Labute approximate surface area is 293 Å². The van der Waals surface area contributed by atoms with E-state index in [-0.39, 0.29) is 34.9 Å². The number of ketones is 1. The highest BCUT2D eigenvalue weighted by molar-refractivity contribution is 5.86. The molecule has 3 aliphatic rings. The average molecular weight is 671 g/mol. The minimum Gasteiger partial charge on any atom is -0.459 e. The molecule has 0 heterocycles. The number of aliphatic hydroxyl groups is 1. The number of esters is 2. The molecule has 3 fully saturated rings. The maximum absolute atomic E-state index is 13.5. The lowest BCUT2D eigenvalue weighted by Crippen LogP contribution is -2.63. The zero-order valence-electron chi connectivity index (χ0n) is 31.4. The summed E-state index contributed by atoms with van der Waals surface area (Å²) in [4.78, 5) is 39.2. The number of unbranched alkanes of at least 4 members (excludes halogenated alkanes) is 13. The van der Waals surface area contributed by atoms with Gasteiger partial charge >= 0.3 is 11.9 Å². The standard InChI is InChI=1S/C42H70O6/c1-7-9-10-11-12-13-14-15-16-17-18-19-20-21-22-23-24-25-36(44)47-31-37(45)48-35-30-40(5,8-2)39(46)33(4)42-28-26-32(3)41(35,6)38(42)34(43)27-29-42/h8,17-18,32-33,35,38-39,46H,2,7,9-16,19-31H2,1,3-6H3/b18-17+/t32-,33+,35-,38+,39+,40-,41+,42+/m1/s1. The van der Waals surface area contributed by atoms with Crippen LogP contribution in [-0.4, -0.2) is 41.6 Å². The molecule has 0 aromatic carbocycles. The normalized spacial score (nSPS) is 33.2. The third-order valence-corrected chi connectivity index (χ3v) is 13.1. The van der Waals surface area contributed by atoms with Gasteiger partial charge in [0.05, 0.1) is 6.10 Å². The summed E-state index contributed by atoms with van der Waals surface area (Å²) in [5, 5.41) is 11.7. The second kappa shape index (κ2) is 19.4. The molecule has 3 rings (SSSR count). The first-order valence-corrected chi connectivity index (χ1v) is 19.8. The van der Waals surface area contributed by atoms with Crippen LogP contribution in [0, 0.1) is 34.0 Å². The maximum Gasteiger partial charge on any atom is 0.344 e. The average Bonchev–Trinajstić information content (AvgIpc) is 3.43. The number of allylic oxidation sites excluding steroid dienone is 2.